The Kier molecular flexibility index (Phi) is 2.73. The number of aromatic nitrogens is 4. The number of halogens is 1. The van der Waals surface area contributed by atoms with E-state index in [9.17, 15) is 4.39 Å². The largest absolute Gasteiger partial charge is 0.398 e. The first-order chi connectivity index (χ1) is 9.10. The molecule has 19 heavy (non-hydrogen) atoms. The van der Waals surface area contributed by atoms with Crippen molar-refractivity contribution in [2.24, 2.45) is 0 Å². The molecule has 5 nitrogen and oxygen atoms in total. The van der Waals surface area contributed by atoms with Gasteiger partial charge in [0, 0.05) is 11.3 Å². The fourth-order valence-corrected chi connectivity index (χ4v) is 2.80. The van der Waals surface area contributed by atoms with Crippen LogP contribution in [0.4, 0.5) is 10.1 Å². The van der Waals surface area contributed by atoms with Crippen LogP contribution in [0.25, 0.3) is 11.4 Å². The minimum absolute atomic E-state index is 0.0698. The summed E-state index contributed by atoms with van der Waals surface area (Å²) in [4.78, 5) is 0. The van der Waals surface area contributed by atoms with Crippen molar-refractivity contribution in [2.75, 3.05) is 5.73 Å². The standard InChI is InChI=1S/C13H16FN5/c1-13(6-2-3-7-13)19-12(16-17-18-19)10-5-4-9(14)8-11(10)15/h4-5,8H,2-3,6-7,15H2,1H3. The molecule has 0 aliphatic heterocycles. The normalized spacial score (nSPS) is 17.8. The van der Waals surface area contributed by atoms with E-state index >= 15 is 0 Å². The van der Waals surface area contributed by atoms with Gasteiger partial charge in [-0.3, -0.25) is 0 Å². The highest BCUT2D eigenvalue weighted by atomic mass is 19.1. The van der Waals surface area contributed by atoms with E-state index in [1.54, 1.807) is 6.07 Å². The van der Waals surface area contributed by atoms with Crippen molar-refractivity contribution in [3.63, 3.8) is 0 Å². The molecular weight excluding hydrogens is 245 g/mol. The molecule has 0 saturated heterocycles. The minimum atomic E-state index is -0.354. The summed E-state index contributed by atoms with van der Waals surface area (Å²) in [5, 5.41) is 11.9. The monoisotopic (exact) mass is 261 g/mol. The molecule has 1 saturated carbocycles. The molecule has 0 bridgehead atoms. The summed E-state index contributed by atoms with van der Waals surface area (Å²) in [5.74, 6) is 0.259. The van der Waals surface area contributed by atoms with Gasteiger partial charge in [0.05, 0.1) is 5.54 Å². The first kappa shape index (κ1) is 12.1. The van der Waals surface area contributed by atoms with E-state index in [1.807, 2.05) is 4.68 Å². The lowest BCUT2D eigenvalue weighted by Crippen LogP contribution is -2.28. The van der Waals surface area contributed by atoms with Crippen molar-refractivity contribution < 1.29 is 4.39 Å². The van der Waals surface area contributed by atoms with E-state index < -0.39 is 0 Å². The average molecular weight is 261 g/mol. The quantitative estimate of drug-likeness (QED) is 0.842. The van der Waals surface area contributed by atoms with Crippen LogP contribution in [0.2, 0.25) is 0 Å². The van der Waals surface area contributed by atoms with Gasteiger partial charge in [-0.25, -0.2) is 9.07 Å². The van der Waals surface area contributed by atoms with Crippen LogP contribution in [0.15, 0.2) is 18.2 Å². The van der Waals surface area contributed by atoms with Crippen molar-refractivity contribution >= 4 is 5.69 Å². The zero-order valence-electron chi connectivity index (χ0n) is 10.8. The number of nitrogens with two attached hydrogens (primary N) is 1. The number of tetrazole rings is 1. The van der Waals surface area contributed by atoms with Gasteiger partial charge >= 0.3 is 0 Å². The maximum absolute atomic E-state index is 13.1. The van der Waals surface area contributed by atoms with Crippen LogP contribution in [-0.2, 0) is 5.54 Å². The molecule has 0 spiro atoms. The van der Waals surface area contributed by atoms with E-state index in [0.29, 0.717) is 17.1 Å². The van der Waals surface area contributed by atoms with Crippen molar-refractivity contribution in [1.29, 1.82) is 0 Å². The van der Waals surface area contributed by atoms with Crippen LogP contribution >= 0.6 is 0 Å². The Morgan fingerprint density at radius 1 is 1.32 bits per heavy atom. The summed E-state index contributed by atoms with van der Waals surface area (Å²) >= 11 is 0. The summed E-state index contributed by atoms with van der Waals surface area (Å²) < 4.78 is 15.0. The predicted molar refractivity (Wildman–Crippen MR) is 69.7 cm³/mol. The fraction of sp³-hybridized carbons (Fsp3) is 0.462. The highest BCUT2D eigenvalue weighted by Gasteiger charge is 2.34. The second-order valence-electron chi connectivity index (χ2n) is 5.35. The van der Waals surface area contributed by atoms with Crippen LogP contribution in [-0.4, -0.2) is 20.2 Å². The zero-order chi connectivity index (χ0) is 13.5. The van der Waals surface area contributed by atoms with Gasteiger partial charge in [0.15, 0.2) is 5.82 Å². The third-order valence-corrected chi connectivity index (χ3v) is 3.92. The lowest BCUT2D eigenvalue weighted by molar-refractivity contribution is 0.293. The molecule has 0 unspecified atom stereocenters. The highest BCUT2D eigenvalue weighted by Crippen LogP contribution is 2.38. The summed E-state index contributed by atoms with van der Waals surface area (Å²) in [5.41, 5.74) is 6.84. The SMILES string of the molecule is CC1(n2nnnc2-c2ccc(F)cc2N)CCCC1. The molecule has 1 heterocycles. The van der Waals surface area contributed by atoms with Gasteiger partial charge in [0.1, 0.15) is 5.82 Å². The van der Waals surface area contributed by atoms with Gasteiger partial charge in [0.25, 0.3) is 0 Å². The van der Waals surface area contributed by atoms with Gasteiger partial charge in [-0.05, 0) is 48.4 Å². The smallest absolute Gasteiger partial charge is 0.184 e. The molecule has 3 rings (SSSR count). The Bertz CT molecular complexity index is 601. The molecule has 1 fully saturated rings. The highest BCUT2D eigenvalue weighted by molar-refractivity contribution is 5.71. The minimum Gasteiger partial charge on any atom is -0.398 e. The molecule has 1 aliphatic carbocycles. The third-order valence-electron chi connectivity index (χ3n) is 3.92. The molecule has 0 radical (unpaired) electrons. The summed E-state index contributed by atoms with van der Waals surface area (Å²) in [6, 6.07) is 4.30. The second kappa shape index (κ2) is 4.29. The van der Waals surface area contributed by atoms with E-state index in [0.717, 1.165) is 12.8 Å². The molecule has 1 aromatic carbocycles. The molecule has 100 valence electrons. The van der Waals surface area contributed by atoms with Gasteiger partial charge in [-0.15, -0.1) is 5.10 Å². The Labute approximate surface area is 110 Å². The van der Waals surface area contributed by atoms with E-state index in [4.69, 9.17) is 5.73 Å². The molecular formula is C13H16FN5. The maximum Gasteiger partial charge on any atom is 0.184 e. The number of hydrogen-bond acceptors (Lipinski definition) is 4. The van der Waals surface area contributed by atoms with Crippen molar-refractivity contribution in [3.8, 4) is 11.4 Å². The molecule has 0 amide bonds. The summed E-state index contributed by atoms with van der Waals surface area (Å²) in [7, 11) is 0. The average Bonchev–Trinajstić information content (AvgIpc) is 2.98. The van der Waals surface area contributed by atoms with Crippen molar-refractivity contribution in [3.05, 3.63) is 24.0 Å². The number of nitrogen functional groups attached to an aromatic ring is 1. The van der Waals surface area contributed by atoms with Crippen molar-refractivity contribution in [1.82, 2.24) is 20.2 Å². The van der Waals surface area contributed by atoms with Crippen molar-refractivity contribution in [2.45, 2.75) is 38.1 Å². The topological polar surface area (TPSA) is 69.6 Å². The Balaban J connectivity index is 2.09. The Hall–Kier alpha value is -1.98. The number of anilines is 1. The van der Waals surface area contributed by atoms with Gasteiger partial charge in [0.2, 0.25) is 0 Å². The van der Waals surface area contributed by atoms with E-state index in [-0.39, 0.29) is 11.4 Å². The molecule has 0 atom stereocenters. The van der Waals surface area contributed by atoms with Crippen LogP contribution in [0.5, 0.6) is 0 Å². The Morgan fingerprint density at radius 2 is 2.05 bits per heavy atom. The maximum atomic E-state index is 13.1. The summed E-state index contributed by atoms with van der Waals surface area (Å²) in [6.45, 7) is 2.15. The van der Waals surface area contributed by atoms with Crippen LogP contribution < -0.4 is 5.73 Å². The first-order valence-electron chi connectivity index (χ1n) is 6.44. The molecule has 1 aromatic heterocycles. The molecule has 6 heteroatoms. The molecule has 1 aliphatic rings. The van der Waals surface area contributed by atoms with E-state index in [1.165, 1.54) is 25.0 Å². The van der Waals surface area contributed by atoms with Gasteiger partial charge in [-0.1, -0.05) is 12.8 Å². The zero-order valence-corrected chi connectivity index (χ0v) is 10.8. The first-order valence-corrected chi connectivity index (χ1v) is 6.44. The number of hydrogen-bond donors (Lipinski definition) is 1. The van der Waals surface area contributed by atoms with Crippen LogP contribution in [0.3, 0.4) is 0 Å². The lowest BCUT2D eigenvalue weighted by atomic mass is 10.0. The van der Waals surface area contributed by atoms with E-state index in [2.05, 4.69) is 22.4 Å². The number of rotatable bonds is 2. The lowest BCUT2D eigenvalue weighted by Gasteiger charge is -2.24. The third kappa shape index (κ3) is 1.97. The van der Waals surface area contributed by atoms with Crippen LogP contribution in [0, 0.1) is 5.82 Å². The molecule has 2 N–H and O–H groups in total. The Morgan fingerprint density at radius 3 is 2.74 bits per heavy atom. The van der Waals surface area contributed by atoms with Gasteiger partial charge < -0.3 is 5.73 Å². The van der Waals surface area contributed by atoms with Crippen LogP contribution in [0.1, 0.15) is 32.6 Å². The summed E-state index contributed by atoms with van der Waals surface area (Å²) in [6.07, 6.45) is 4.45. The number of nitrogens with zero attached hydrogens (tertiary/aromatic N) is 4. The fourth-order valence-electron chi connectivity index (χ4n) is 2.80. The number of benzene rings is 1. The van der Waals surface area contributed by atoms with Gasteiger partial charge in [-0.2, -0.15) is 0 Å². The second-order valence-corrected chi connectivity index (χ2v) is 5.35. The predicted octanol–water partition coefficient (Wildman–Crippen LogP) is 2.35. The molecule has 2 aromatic rings.